The van der Waals surface area contributed by atoms with Crippen molar-refractivity contribution in [2.45, 2.75) is 84.5 Å². The number of hydrogen-bond acceptors (Lipinski definition) is 5. The second-order valence-electron chi connectivity index (χ2n) is 9.80. The number of carbonyl (C=O) groups is 2. The molecule has 0 bridgehead atoms. The zero-order valence-corrected chi connectivity index (χ0v) is 23.0. The molecule has 38 heavy (non-hydrogen) atoms. The summed E-state index contributed by atoms with van der Waals surface area (Å²) in [4.78, 5) is 25.0. The van der Waals surface area contributed by atoms with Gasteiger partial charge in [0.15, 0.2) is 0 Å². The molecule has 0 unspecified atom stereocenters. The second kappa shape index (κ2) is 16.5. The predicted octanol–water partition coefficient (Wildman–Crippen LogP) is 8.93. The minimum absolute atomic E-state index is 0.308. The van der Waals surface area contributed by atoms with E-state index in [1.165, 1.54) is 51.4 Å². The average molecular weight is 519 g/mol. The zero-order chi connectivity index (χ0) is 27.0. The van der Waals surface area contributed by atoms with Gasteiger partial charge in [-0.2, -0.15) is 0 Å². The summed E-state index contributed by atoms with van der Waals surface area (Å²) in [5.41, 5.74) is 0.986. The van der Waals surface area contributed by atoms with E-state index in [0.717, 1.165) is 35.8 Å². The molecule has 0 spiro atoms. The van der Waals surface area contributed by atoms with Crippen LogP contribution in [-0.4, -0.2) is 25.2 Å². The minimum atomic E-state index is -0.425. The molecule has 0 amide bonds. The van der Waals surface area contributed by atoms with Crippen molar-refractivity contribution in [1.82, 2.24) is 0 Å². The van der Waals surface area contributed by atoms with Crippen LogP contribution in [0, 0.1) is 0 Å². The van der Waals surface area contributed by atoms with E-state index in [1.54, 1.807) is 42.5 Å². The van der Waals surface area contributed by atoms with Crippen molar-refractivity contribution in [2.75, 3.05) is 13.2 Å². The Bertz CT molecular complexity index is 1140. The summed E-state index contributed by atoms with van der Waals surface area (Å²) in [5.74, 6) is 0.475. The number of carbonyl (C=O) groups excluding carboxylic acids is 2. The maximum absolute atomic E-state index is 12.6. The second-order valence-corrected chi connectivity index (χ2v) is 9.80. The summed E-state index contributed by atoms with van der Waals surface area (Å²) < 4.78 is 16.8. The summed E-state index contributed by atoms with van der Waals surface area (Å²) in [6.45, 7) is 5.53. The van der Waals surface area contributed by atoms with Gasteiger partial charge in [-0.3, -0.25) is 0 Å². The van der Waals surface area contributed by atoms with E-state index < -0.39 is 5.97 Å². The number of esters is 2. The van der Waals surface area contributed by atoms with Crippen molar-refractivity contribution in [1.29, 1.82) is 0 Å². The van der Waals surface area contributed by atoms with Gasteiger partial charge in [-0.25, -0.2) is 9.59 Å². The number of ether oxygens (including phenoxy) is 3. The molecular weight excluding hydrogens is 476 g/mol. The Hall–Kier alpha value is -3.34. The predicted molar refractivity (Wildman–Crippen MR) is 153 cm³/mol. The molecule has 0 atom stereocenters. The Labute approximate surface area is 227 Å². The first-order valence-electron chi connectivity index (χ1n) is 14.3. The summed E-state index contributed by atoms with van der Waals surface area (Å²) in [6.07, 6.45) is 12.9. The van der Waals surface area contributed by atoms with Crippen molar-refractivity contribution in [3.8, 4) is 11.5 Å². The van der Waals surface area contributed by atoms with Gasteiger partial charge in [-0.05, 0) is 72.1 Å². The third-order valence-corrected chi connectivity index (χ3v) is 6.60. The van der Waals surface area contributed by atoms with E-state index in [2.05, 4.69) is 13.8 Å². The highest BCUT2D eigenvalue weighted by Gasteiger charge is 2.11. The van der Waals surface area contributed by atoms with Crippen molar-refractivity contribution >= 4 is 22.7 Å². The SMILES string of the molecule is CCCCCCCCOc1ccc(C(=O)Oc2ccc3cc(C(=O)OCCCCCCC)ccc3c2)cc1. The highest BCUT2D eigenvalue weighted by Crippen LogP contribution is 2.24. The first kappa shape index (κ1) is 29.2. The zero-order valence-electron chi connectivity index (χ0n) is 23.0. The molecule has 0 N–H and O–H groups in total. The van der Waals surface area contributed by atoms with E-state index in [0.29, 0.717) is 30.1 Å². The van der Waals surface area contributed by atoms with Crippen LogP contribution in [0.2, 0.25) is 0 Å². The number of unbranched alkanes of at least 4 members (excludes halogenated alkanes) is 9. The highest BCUT2D eigenvalue weighted by molar-refractivity contribution is 5.96. The molecule has 0 aromatic heterocycles. The lowest BCUT2D eigenvalue weighted by Crippen LogP contribution is -2.08. The topological polar surface area (TPSA) is 61.8 Å². The Balaban J connectivity index is 1.47. The maximum Gasteiger partial charge on any atom is 0.343 e. The van der Waals surface area contributed by atoms with Crippen LogP contribution in [0.3, 0.4) is 0 Å². The molecule has 3 aromatic carbocycles. The van der Waals surface area contributed by atoms with Crippen LogP contribution in [0.4, 0.5) is 0 Å². The molecule has 0 aliphatic heterocycles. The summed E-state index contributed by atoms with van der Waals surface area (Å²) in [6, 6.07) is 17.8. The lowest BCUT2D eigenvalue weighted by Gasteiger charge is -2.09. The molecule has 0 heterocycles. The first-order valence-corrected chi connectivity index (χ1v) is 14.3. The summed E-state index contributed by atoms with van der Waals surface area (Å²) in [5, 5.41) is 1.76. The first-order chi connectivity index (χ1) is 18.6. The van der Waals surface area contributed by atoms with E-state index >= 15 is 0 Å². The van der Waals surface area contributed by atoms with Crippen molar-refractivity contribution in [2.24, 2.45) is 0 Å². The Kier molecular flexibility index (Phi) is 12.7. The fourth-order valence-corrected chi connectivity index (χ4v) is 4.29. The summed E-state index contributed by atoms with van der Waals surface area (Å²) >= 11 is 0. The van der Waals surface area contributed by atoms with Crippen LogP contribution in [0.25, 0.3) is 10.8 Å². The van der Waals surface area contributed by atoms with E-state index in [-0.39, 0.29) is 5.97 Å². The molecule has 204 valence electrons. The van der Waals surface area contributed by atoms with Gasteiger partial charge in [0.1, 0.15) is 11.5 Å². The molecule has 3 aromatic rings. The Morgan fingerprint density at radius 1 is 0.553 bits per heavy atom. The van der Waals surface area contributed by atoms with Gasteiger partial charge in [-0.1, -0.05) is 83.8 Å². The molecule has 0 fully saturated rings. The third kappa shape index (κ3) is 9.85. The van der Waals surface area contributed by atoms with E-state index in [9.17, 15) is 9.59 Å². The molecule has 0 aliphatic carbocycles. The number of hydrogen-bond donors (Lipinski definition) is 0. The van der Waals surface area contributed by atoms with Crippen molar-refractivity contribution in [3.05, 3.63) is 71.8 Å². The lowest BCUT2D eigenvalue weighted by atomic mass is 10.1. The molecule has 0 saturated carbocycles. The van der Waals surface area contributed by atoms with Crippen LogP contribution in [0.15, 0.2) is 60.7 Å². The molecule has 0 radical (unpaired) electrons. The van der Waals surface area contributed by atoms with Gasteiger partial charge in [-0.15, -0.1) is 0 Å². The number of benzene rings is 3. The monoisotopic (exact) mass is 518 g/mol. The molecule has 5 nitrogen and oxygen atoms in total. The molecule has 5 heteroatoms. The lowest BCUT2D eigenvalue weighted by molar-refractivity contribution is 0.0497. The van der Waals surface area contributed by atoms with Gasteiger partial charge in [0.05, 0.1) is 24.3 Å². The fourth-order valence-electron chi connectivity index (χ4n) is 4.29. The largest absolute Gasteiger partial charge is 0.494 e. The smallest absolute Gasteiger partial charge is 0.343 e. The van der Waals surface area contributed by atoms with Crippen molar-refractivity contribution < 1.29 is 23.8 Å². The van der Waals surface area contributed by atoms with Crippen LogP contribution < -0.4 is 9.47 Å². The van der Waals surface area contributed by atoms with Gasteiger partial charge in [0, 0.05) is 0 Å². The van der Waals surface area contributed by atoms with Crippen LogP contribution in [0.5, 0.6) is 11.5 Å². The third-order valence-electron chi connectivity index (χ3n) is 6.60. The fraction of sp³-hybridized carbons (Fsp3) is 0.455. The normalized spacial score (nSPS) is 10.9. The Morgan fingerprint density at radius 2 is 1.11 bits per heavy atom. The van der Waals surface area contributed by atoms with E-state index in [4.69, 9.17) is 14.2 Å². The average Bonchev–Trinajstić information content (AvgIpc) is 2.94. The van der Waals surface area contributed by atoms with Crippen LogP contribution in [0.1, 0.15) is 105 Å². The molecule has 0 saturated heterocycles. The van der Waals surface area contributed by atoms with Crippen LogP contribution >= 0.6 is 0 Å². The minimum Gasteiger partial charge on any atom is -0.494 e. The van der Waals surface area contributed by atoms with Gasteiger partial charge in [0.2, 0.25) is 0 Å². The molecular formula is C33H42O5. The van der Waals surface area contributed by atoms with Gasteiger partial charge in [0.25, 0.3) is 0 Å². The molecule has 0 aliphatic rings. The van der Waals surface area contributed by atoms with Gasteiger partial charge < -0.3 is 14.2 Å². The van der Waals surface area contributed by atoms with Crippen molar-refractivity contribution in [3.63, 3.8) is 0 Å². The Morgan fingerprint density at radius 3 is 1.82 bits per heavy atom. The number of rotatable bonds is 17. The maximum atomic E-state index is 12.6. The standard InChI is InChI=1S/C33H42O5/c1-3-5-7-9-11-12-22-36-30-19-16-26(17-20-30)33(35)38-31-21-18-27-24-29(15-14-28(27)25-31)32(34)37-23-13-10-8-6-4-2/h14-21,24-25H,3-13,22-23H2,1-2H3. The number of fused-ring (bicyclic) bond motifs is 1. The van der Waals surface area contributed by atoms with Gasteiger partial charge >= 0.3 is 11.9 Å². The highest BCUT2D eigenvalue weighted by atomic mass is 16.5. The summed E-state index contributed by atoms with van der Waals surface area (Å²) in [7, 11) is 0. The quantitative estimate of drug-likeness (QED) is 0.101. The van der Waals surface area contributed by atoms with E-state index in [1.807, 2.05) is 18.2 Å². The molecule has 3 rings (SSSR count). The van der Waals surface area contributed by atoms with Crippen LogP contribution in [-0.2, 0) is 4.74 Å².